The molecule has 0 spiro atoms. The number of ketones is 1. The molecule has 1 heterocycles. The van der Waals surface area contributed by atoms with Crippen LogP contribution in [-0.2, 0) is 30.3 Å². The quantitative estimate of drug-likeness (QED) is 0.384. The normalized spacial score (nSPS) is 21.1. The van der Waals surface area contributed by atoms with Gasteiger partial charge in [-0.15, -0.1) is 0 Å². The second-order valence-corrected chi connectivity index (χ2v) is 8.90. The summed E-state index contributed by atoms with van der Waals surface area (Å²) < 4.78 is 10.4. The van der Waals surface area contributed by atoms with Gasteiger partial charge in [0.1, 0.15) is 18.7 Å². The first kappa shape index (κ1) is 24.7. The van der Waals surface area contributed by atoms with E-state index in [9.17, 15) is 19.2 Å². The van der Waals surface area contributed by atoms with Gasteiger partial charge in [-0.25, -0.2) is 4.79 Å². The first-order valence-electron chi connectivity index (χ1n) is 11.5. The van der Waals surface area contributed by atoms with Crippen molar-refractivity contribution in [3.8, 4) is 0 Å². The third-order valence-corrected chi connectivity index (χ3v) is 5.71. The molecule has 33 heavy (non-hydrogen) atoms. The van der Waals surface area contributed by atoms with Gasteiger partial charge in [0.05, 0.1) is 12.7 Å². The van der Waals surface area contributed by atoms with Crippen LogP contribution in [0.4, 0.5) is 4.79 Å². The van der Waals surface area contributed by atoms with Gasteiger partial charge in [0.15, 0.2) is 0 Å². The molecule has 9 nitrogen and oxygen atoms in total. The lowest BCUT2D eigenvalue weighted by molar-refractivity contribution is -0.145. The smallest absolute Gasteiger partial charge is 0.407 e. The number of ether oxygens (including phenoxy) is 2. The van der Waals surface area contributed by atoms with Gasteiger partial charge in [-0.05, 0) is 45.6 Å². The van der Waals surface area contributed by atoms with E-state index < -0.39 is 35.8 Å². The van der Waals surface area contributed by atoms with Crippen LogP contribution < -0.4 is 10.6 Å². The highest BCUT2D eigenvalue weighted by atomic mass is 16.6. The Bertz CT molecular complexity index is 855. The zero-order valence-corrected chi connectivity index (χ0v) is 19.4. The second kappa shape index (κ2) is 11.3. The largest absolute Gasteiger partial charge is 0.447 e. The number of carbonyl (C=O) groups excluding carboxylic acids is 4. The lowest BCUT2D eigenvalue weighted by atomic mass is 9.99. The minimum absolute atomic E-state index is 0.0266. The summed E-state index contributed by atoms with van der Waals surface area (Å²) in [5.74, 6) is -1.70. The summed E-state index contributed by atoms with van der Waals surface area (Å²) in [4.78, 5) is 52.5. The van der Waals surface area contributed by atoms with Crippen molar-refractivity contribution >= 4 is 23.7 Å². The Morgan fingerprint density at radius 2 is 1.79 bits per heavy atom. The number of rotatable bonds is 11. The zero-order chi connectivity index (χ0) is 24.0. The molecule has 0 radical (unpaired) electrons. The average molecular weight is 460 g/mol. The van der Waals surface area contributed by atoms with Crippen molar-refractivity contribution in [1.82, 2.24) is 15.5 Å². The number of alkyl carbamates (subject to hydrolysis) is 1. The maximum Gasteiger partial charge on any atom is 0.407 e. The SMILES string of the molecule is CC(C)OCCOC(=O)N[C@H]1CC(C)N([C@@H](Cc2ccccc2)C(=O)C(=O)NC2CC2)C1=O. The Labute approximate surface area is 194 Å². The molecule has 1 saturated heterocycles. The molecular weight excluding hydrogens is 426 g/mol. The minimum Gasteiger partial charge on any atom is -0.447 e. The number of Topliss-reactive ketones (excluding diaryl/α,β-unsaturated/α-hetero) is 1. The number of hydrogen-bond acceptors (Lipinski definition) is 6. The van der Waals surface area contributed by atoms with Crippen LogP contribution in [0.25, 0.3) is 0 Å². The topological polar surface area (TPSA) is 114 Å². The van der Waals surface area contributed by atoms with Gasteiger partial charge >= 0.3 is 6.09 Å². The fourth-order valence-electron chi connectivity index (χ4n) is 3.93. The number of amides is 3. The van der Waals surface area contributed by atoms with E-state index in [0.29, 0.717) is 6.42 Å². The predicted molar refractivity (Wildman–Crippen MR) is 120 cm³/mol. The summed E-state index contributed by atoms with van der Waals surface area (Å²) in [5.41, 5.74) is 0.844. The van der Waals surface area contributed by atoms with Crippen molar-refractivity contribution in [2.45, 2.75) is 76.7 Å². The fraction of sp³-hybridized carbons (Fsp3) is 0.583. The molecule has 3 amide bonds. The Morgan fingerprint density at radius 1 is 1.09 bits per heavy atom. The van der Waals surface area contributed by atoms with Crippen LogP contribution in [0.15, 0.2) is 30.3 Å². The van der Waals surface area contributed by atoms with Crippen LogP contribution in [-0.4, -0.2) is 72.1 Å². The van der Waals surface area contributed by atoms with Crippen LogP contribution in [0, 0.1) is 0 Å². The number of nitrogens with one attached hydrogen (secondary N) is 2. The standard InChI is InChI=1S/C24H33N3O6/c1-15(2)32-11-12-33-24(31)26-19-13-16(3)27(23(19)30)20(14-17-7-5-4-6-8-17)21(28)22(29)25-18-9-10-18/h4-8,15-16,18-20H,9-14H2,1-3H3,(H,25,29)(H,26,31)/t16?,19-,20-/m0/s1. The van der Waals surface area contributed by atoms with E-state index in [1.807, 2.05) is 51.1 Å². The molecule has 1 aromatic rings. The van der Waals surface area contributed by atoms with Gasteiger partial charge < -0.3 is 25.0 Å². The van der Waals surface area contributed by atoms with Gasteiger partial charge in [-0.2, -0.15) is 0 Å². The van der Waals surface area contributed by atoms with Crippen molar-refractivity contribution in [3.05, 3.63) is 35.9 Å². The van der Waals surface area contributed by atoms with E-state index in [0.717, 1.165) is 18.4 Å². The summed E-state index contributed by atoms with van der Waals surface area (Å²) in [6.45, 7) is 5.90. The predicted octanol–water partition coefficient (Wildman–Crippen LogP) is 1.59. The maximum atomic E-state index is 13.2. The van der Waals surface area contributed by atoms with E-state index in [4.69, 9.17) is 9.47 Å². The second-order valence-electron chi connectivity index (χ2n) is 8.90. The molecule has 2 fully saturated rings. The molecule has 2 N–H and O–H groups in total. The molecule has 9 heteroatoms. The summed E-state index contributed by atoms with van der Waals surface area (Å²) in [7, 11) is 0. The van der Waals surface area contributed by atoms with Crippen LogP contribution in [0.2, 0.25) is 0 Å². The van der Waals surface area contributed by atoms with Gasteiger partial charge in [-0.3, -0.25) is 14.4 Å². The lowest BCUT2D eigenvalue weighted by Crippen LogP contribution is -2.53. The molecule has 1 saturated carbocycles. The highest BCUT2D eigenvalue weighted by Crippen LogP contribution is 2.25. The fourth-order valence-corrected chi connectivity index (χ4v) is 3.93. The van der Waals surface area contributed by atoms with Gasteiger partial charge in [0, 0.05) is 18.5 Å². The monoisotopic (exact) mass is 459 g/mol. The molecule has 2 aliphatic rings. The third kappa shape index (κ3) is 7.02. The Balaban J connectivity index is 1.67. The molecule has 3 atom stereocenters. The van der Waals surface area contributed by atoms with Crippen molar-refractivity contribution in [2.75, 3.05) is 13.2 Å². The van der Waals surface area contributed by atoms with Crippen LogP contribution >= 0.6 is 0 Å². The van der Waals surface area contributed by atoms with Crippen molar-refractivity contribution in [3.63, 3.8) is 0 Å². The summed E-state index contributed by atoms with van der Waals surface area (Å²) >= 11 is 0. The zero-order valence-electron chi connectivity index (χ0n) is 19.4. The average Bonchev–Trinajstić information content (AvgIpc) is 3.55. The first-order valence-corrected chi connectivity index (χ1v) is 11.5. The number of nitrogens with zero attached hydrogens (tertiary/aromatic N) is 1. The van der Waals surface area contributed by atoms with Crippen molar-refractivity contribution in [2.24, 2.45) is 0 Å². The number of likely N-dealkylation sites (tertiary alicyclic amines) is 1. The Morgan fingerprint density at radius 3 is 2.42 bits per heavy atom. The summed E-state index contributed by atoms with van der Waals surface area (Å²) in [6.07, 6.45) is 1.57. The van der Waals surface area contributed by atoms with Crippen LogP contribution in [0.5, 0.6) is 0 Å². The maximum absolute atomic E-state index is 13.2. The molecular formula is C24H33N3O6. The van der Waals surface area contributed by atoms with E-state index in [2.05, 4.69) is 10.6 Å². The first-order chi connectivity index (χ1) is 15.8. The highest BCUT2D eigenvalue weighted by Gasteiger charge is 2.45. The molecule has 0 bridgehead atoms. The number of carbonyl (C=O) groups is 4. The third-order valence-electron chi connectivity index (χ3n) is 5.71. The van der Waals surface area contributed by atoms with Crippen LogP contribution in [0.1, 0.15) is 45.6 Å². The number of benzene rings is 1. The Kier molecular flexibility index (Phi) is 8.43. The van der Waals surface area contributed by atoms with E-state index in [1.165, 1.54) is 4.90 Å². The molecule has 180 valence electrons. The molecule has 1 aliphatic heterocycles. The van der Waals surface area contributed by atoms with Gasteiger partial charge in [-0.1, -0.05) is 30.3 Å². The summed E-state index contributed by atoms with van der Waals surface area (Å²) in [5, 5.41) is 5.31. The summed E-state index contributed by atoms with van der Waals surface area (Å²) in [6, 6.07) is 7.20. The van der Waals surface area contributed by atoms with Crippen molar-refractivity contribution in [1.29, 1.82) is 0 Å². The minimum atomic E-state index is -0.948. The Hall–Kier alpha value is -2.94. The molecule has 1 aromatic carbocycles. The van der Waals surface area contributed by atoms with E-state index in [-0.39, 0.29) is 37.8 Å². The van der Waals surface area contributed by atoms with Crippen LogP contribution in [0.3, 0.4) is 0 Å². The van der Waals surface area contributed by atoms with Crippen molar-refractivity contribution < 1.29 is 28.7 Å². The van der Waals surface area contributed by atoms with E-state index in [1.54, 1.807) is 0 Å². The molecule has 0 aromatic heterocycles. The highest BCUT2D eigenvalue weighted by molar-refractivity contribution is 6.38. The van der Waals surface area contributed by atoms with E-state index >= 15 is 0 Å². The molecule has 1 aliphatic carbocycles. The number of hydrogen-bond donors (Lipinski definition) is 2. The molecule has 1 unspecified atom stereocenters. The molecule has 3 rings (SSSR count). The van der Waals surface area contributed by atoms with Gasteiger partial charge in [0.25, 0.3) is 5.91 Å². The van der Waals surface area contributed by atoms with Gasteiger partial charge in [0.2, 0.25) is 11.7 Å². The lowest BCUT2D eigenvalue weighted by Gasteiger charge is -2.30.